The minimum atomic E-state index is 0.252. The molecule has 2 nitrogen and oxygen atoms in total. The van der Waals surface area contributed by atoms with Crippen molar-refractivity contribution in [3.8, 4) is 0 Å². The van der Waals surface area contributed by atoms with Gasteiger partial charge < -0.3 is 4.90 Å². The van der Waals surface area contributed by atoms with E-state index >= 15 is 0 Å². The van der Waals surface area contributed by atoms with Gasteiger partial charge in [-0.05, 0) is 30.9 Å². The Labute approximate surface area is 96.3 Å². The second-order valence-corrected chi connectivity index (χ2v) is 4.98. The molecule has 1 aromatic rings. The van der Waals surface area contributed by atoms with Crippen LogP contribution in [-0.4, -0.2) is 23.5 Å². The highest BCUT2D eigenvalue weighted by Crippen LogP contribution is 2.25. The van der Waals surface area contributed by atoms with E-state index in [0.29, 0.717) is 5.92 Å². The lowest BCUT2D eigenvalue weighted by atomic mass is 9.98. The molecule has 0 aliphatic carbocycles. The highest BCUT2D eigenvalue weighted by Gasteiger charge is 2.24. The molecule has 1 fully saturated rings. The quantitative estimate of drug-likeness (QED) is 0.682. The molecule has 1 saturated heterocycles. The number of halogens is 1. The average Bonchev–Trinajstić information content (AvgIpc) is 2.23. The van der Waals surface area contributed by atoms with Gasteiger partial charge in [-0.3, -0.25) is 0 Å². The molecule has 82 valence electrons. The van der Waals surface area contributed by atoms with Crippen molar-refractivity contribution in [3.63, 3.8) is 0 Å². The topological polar surface area (TPSA) is 16.1 Å². The van der Waals surface area contributed by atoms with Crippen molar-refractivity contribution < 1.29 is 0 Å². The van der Waals surface area contributed by atoms with E-state index in [0.717, 1.165) is 25.3 Å². The zero-order valence-corrected chi connectivity index (χ0v) is 10.0. The van der Waals surface area contributed by atoms with Crippen LogP contribution in [0.3, 0.4) is 0 Å². The standard InChI is InChI=1S/C12H17ClN2/c1-9-3-4-12(14-7-9)15-6-5-10(2)11(13)8-15/h3-4,7,10-11H,5-6,8H2,1-2H3. The van der Waals surface area contributed by atoms with Crippen LogP contribution in [0.2, 0.25) is 0 Å². The Hall–Kier alpha value is -0.760. The summed E-state index contributed by atoms with van der Waals surface area (Å²) in [5, 5.41) is 0.252. The number of pyridine rings is 1. The SMILES string of the molecule is Cc1ccc(N2CCC(C)C(Cl)C2)nc1. The van der Waals surface area contributed by atoms with Crippen molar-refractivity contribution in [2.75, 3.05) is 18.0 Å². The number of anilines is 1. The van der Waals surface area contributed by atoms with Gasteiger partial charge in [-0.2, -0.15) is 0 Å². The van der Waals surface area contributed by atoms with E-state index in [2.05, 4.69) is 35.9 Å². The van der Waals surface area contributed by atoms with Crippen LogP contribution in [0.1, 0.15) is 18.9 Å². The van der Waals surface area contributed by atoms with Crippen molar-refractivity contribution in [1.29, 1.82) is 0 Å². The van der Waals surface area contributed by atoms with Gasteiger partial charge in [0.05, 0.1) is 5.38 Å². The number of hydrogen-bond donors (Lipinski definition) is 0. The first-order valence-corrected chi connectivity index (χ1v) is 5.92. The second-order valence-electron chi connectivity index (χ2n) is 4.42. The molecule has 0 saturated carbocycles. The van der Waals surface area contributed by atoms with E-state index in [4.69, 9.17) is 11.6 Å². The highest BCUT2D eigenvalue weighted by molar-refractivity contribution is 6.21. The number of alkyl halides is 1. The normalized spacial score (nSPS) is 26.7. The minimum absolute atomic E-state index is 0.252. The molecule has 1 aliphatic heterocycles. The Morgan fingerprint density at radius 2 is 2.27 bits per heavy atom. The summed E-state index contributed by atoms with van der Waals surface area (Å²) in [6, 6.07) is 4.18. The summed E-state index contributed by atoms with van der Waals surface area (Å²) in [5.74, 6) is 1.67. The van der Waals surface area contributed by atoms with Crippen molar-refractivity contribution in [1.82, 2.24) is 4.98 Å². The van der Waals surface area contributed by atoms with Crippen LogP contribution in [0.4, 0.5) is 5.82 Å². The molecule has 15 heavy (non-hydrogen) atoms. The molecule has 1 aromatic heterocycles. The molecule has 2 rings (SSSR count). The Morgan fingerprint density at radius 1 is 1.47 bits per heavy atom. The fourth-order valence-electron chi connectivity index (χ4n) is 1.88. The molecule has 0 spiro atoms. The third-order valence-corrected chi connectivity index (χ3v) is 3.65. The van der Waals surface area contributed by atoms with E-state index in [9.17, 15) is 0 Å². The van der Waals surface area contributed by atoms with Crippen LogP contribution < -0.4 is 4.90 Å². The van der Waals surface area contributed by atoms with E-state index in [-0.39, 0.29) is 5.38 Å². The van der Waals surface area contributed by atoms with Gasteiger partial charge in [0.15, 0.2) is 0 Å². The first kappa shape index (κ1) is 10.7. The Morgan fingerprint density at radius 3 is 2.87 bits per heavy atom. The molecule has 2 unspecified atom stereocenters. The lowest BCUT2D eigenvalue weighted by molar-refractivity contribution is 0.444. The third kappa shape index (κ3) is 2.43. The Bertz CT molecular complexity index is 323. The van der Waals surface area contributed by atoms with Crippen LogP contribution in [0.25, 0.3) is 0 Å². The molecular weight excluding hydrogens is 208 g/mol. The van der Waals surface area contributed by atoms with Gasteiger partial charge in [-0.15, -0.1) is 11.6 Å². The van der Waals surface area contributed by atoms with Gasteiger partial charge in [-0.1, -0.05) is 13.0 Å². The van der Waals surface area contributed by atoms with Gasteiger partial charge in [-0.25, -0.2) is 4.98 Å². The lowest BCUT2D eigenvalue weighted by Gasteiger charge is -2.34. The maximum atomic E-state index is 6.27. The summed E-state index contributed by atoms with van der Waals surface area (Å²) in [7, 11) is 0. The molecule has 0 bridgehead atoms. The summed E-state index contributed by atoms with van der Waals surface area (Å²) < 4.78 is 0. The summed E-state index contributed by atoms with van der Waals surface area (Å²) in [4.78, 5) is 6.70. The van der Waals surface area contributed by atoms with E-state index in [1.807, 2.05) is 6.20 Å². The smallest absolute Gasteiger partial charge is 0.128 e. The summed E-state index contributed by atoms with van der Waals surface area (Å²) in [5.41, 5.74) is 1.20. The fourth-order valence-corrected chi connectivity index (χ4v) is 2.17. The predicted octanol–water partition coefficient (Wildman–Crippen LogP) is 2.84. The molecule has 0 aromatic carbocycles. The predicted molar refractivity (Wildman–Crippen MR) is 64.6 cm³/mol. The molecule has 0 radical (unpaired) electrons. The van der Waals surface area contributed by atoms with Gasteiger partial charge in [0, 0.05) is 19.3 Å². The number of hydrogen-bond acceptors (Lipinski definition) is 2. The maximum absolute atomic E-state index is 6.27. The number of aryl methyl sites for hydroxylation is 1. The van der Waals surface area contributed by atoms with E-state index in [1.54, 1.807) is 0 Å². The second kappa shape index (κ2) is 4.40. The van der Waals surface area contributed by atoms with E-state index in [1.165, 1.54) is 5.56 Å². The van der Waals surface area contributed by atoms with Crippen LogP contribution in [0.15, 0.2) is 18.3 Å². The molecule has 1 aliphatic rings. The monoisotopic (exact) mass is 224 g/mol. The van der Waals surface area contributed by atoms with Crippen molar-refractivity contribution in [3.05, 3.63) is 23.9 Å². The van der Waals surface area contributed by atoms with Crippen LogP contribution in [0.5, 0.6) is 0 Å². The first-order chi connectivity index (χ1) is 7.16. The Balaban J connectivity index is 2.08. The number of piperidine rings is 1. The first-order valence-electron chi connectivity index (χ1n) is 5.48. The summed E-state index contributed by atoms with van der Waals surface area (Å²) >= 11 is 6.27. The largest absolute Gasteiger partial charge is 0.355 e. The maximum Gasteiger partial charge on any atom is 0.128 e. The fraction of sp³-hybridized carbons (Fsp3) is 0.583. The highest BCUT2D eigenvalue weighted by atomic mass is 35.5. The molecule has 2 atom stereocenters. The molecule has 0 N–H and O–H groups in total. The zero-order chi connectivity index (χ0) is 10.8. The molecule has 3 heteroatoms. The van der Waals surface area contributed by atoms with Gasteiger partial charge in [0.25, 0.3) is 0 Å². The summed E-state index contributed by atoms with van der Waals surface area (Å²) in [6.45, 7) is 6.26. The number of aromatic nitrogens is 1. The van der Waals surface area contributed by atoms with Crippen molar-refractivity contribution >= 4 is 17.4 Å². The third-order valence-electron chi connectivity index (χ3n) is 3.09. The zero-order valence-electron chi connectivity index (χ0n) is 9.28. The number of nitrogens with zero attached hydrogens (tertiary/aromatic N) is 2. The van der Waals surface area contributed by atoms with Gasteiger partial charge in [0.2, 0.25) is 0 Å². The Kier molecular flexibility index (Phi) is 3.15. The average molecular weight is 225 g/mol. The van der Waals surface area contributed by atoms with Gasteiger partial charge in [0.1, 0.15) is 5.82 Å². The lowest BCUT2D eigenvalue weighted by Crippen LogP contribution is -2.40. The van der Waals surface area contributed by atoms with Crippen LogP contribution in [0, 0.1) is 12.8 Å². The van der Waals surface area contributed by atoms with E-state index < -0.39 is 0 Å². The van der Waals surface area contributed by atoms with Crippen LogP contribution >= 0.6 is 11.6 Å². The molecule has 2 heterocycles. The summed E-state index contributed by atoms with van der Waals surface area (Å²) in [6.07, 6.45) is 3.07. The molecular formula is C12H17ClN2. The van der Waals surface area contributed by atoms with Gasteiger partial charge >= 0.3 is 0 Å². The van der Waals surface area contributed by atoms with Crippen molar-refractivity contribution in [2.24, 2.45) is 5.92 Å². The number of rotatable bonds is 1. The molecule has 0 amide bonds. The minimum Gasteiger partial charge on any atom is -0.355 e. The van der Waals surface area contributed by atoms with Crippen molar-refractivity contribution in [2.45, 2.75) is 25.6 Å². The van der Waals surface area contributed by atoms with Crippen LogP contribution in [-0.2, 0) is 0 Å².